The number of hydrogen-bond donors (Lipinski definition) is 1. The highest BCUT2D eigenvalue weighted by Gasteiger charge is 2.16. The molecule has 64 valence electrons. The molecule has 0 unspecified atom stereocenters. The van der Waals surface area contributed by atoms with Crippen molar-refractivity contribution >= 4 is 11.6 Å². The van der Waals surface area contributed by atoms with Crippen LogP contribution in [0.25, 0.3) is 0 Å². The van der Waals surface area contributed by atoms with E-state index >= 15 is 0 Å². The summed E-state index contributed by atoms with van der Waals surface area (Å²) in [6.07, 6.45) is 4.14. The van der Waals surface area contributed by atoms with Crippen LogP contribution in [0.15, 0.2) is 18.3 Å². The van der Waals surface area contributed by atoms with Crippen LogP contribution in [0.1, 0.15) is 24.6 Å². The number of halogens is 1. The van der Waals surface area contributed by atoms with Crippen molar-refractivity contribution in [3.05, 3.63) is 29.0 Å². The van der Waals surface area contributed by atoms with E-state index < -0.39 is 0 Å². The van der Waals surface area contributed by atoms with Crippen LogP contribution >= 0.6 is 11.6 Å². The predicted octanol–water partition coefficient (Wildman–Crippen LogP) is 2.16. The second kappa shape index (κ2) is 3.42. The molecule has 1 N–H and O–H groups in total. The molecule has 1 aliphatic rings. The summed E-state index contributed by atoms with van der Waals surface area (Å²) in [5, 5.41) is 4.09. The van der Waals surface area contributed by atoms with Crippen LogP contribution in [0.4, 0.5) is 0 Å². The lowest BCUT2D eigenvalue weighted by atomic mass is 10.1. The Labute approximate surface area is 77.0 Å². The van der Waals surface area contributed by atoms with Gasteiger partial charge in [-0.2, -0.15) is 0 Å². The Hall–Kier alpha value is -0.600. The summed E-state index contributed by atoms with van der Waals surface area (Å²) in [7, 11) is 0. The van der Waals surface area contributed by atoms with Crippen LogP contribution in [0.5, 0.6) is 0 Å². The van der Waals surface area contributed by atoms with Gasteiger partial charge in [-0.15, -0.1) is 0 Å². The maximum absolute atomic E-state index is 5.74. The van der Waals surface area contributed by atoms with Crippen molar-refractivity contribution < 1.29 is 0 Å². The number of hydrogen-bond acceptors (Lipinski definition) is 2. The molecule has 2 nitrogen and oxygen atoms in total. The zero-order valence-electron chi connectivity index (χ0n) is 6.76. The minimum absolute atomic E-state index is 0.447. The van der Waals surface area contributed by atoms with E-state index in [0.29, 0.717) is 11.1 Å². The van der Waals surface area contributed by atoms with E-state index in [4.69, 9.17) is 11.6 Å². The summed E-state index contributed by atoms with van der Waals surface area (Å²) in [6.45, 7) is 1.11. The van der Waals surface area contributed by atoms with Gasteiger partial charge in [0.2, 0.25) is 0 Å². The highest BCUT2D eigenvalue weighted by atomic mass is 35.5. The Kier molecular flexibility index (Phi) is 2.28. The summed E-state index contributed by atoms with van der Waals surface area (Å²) in [4.78, 5) is 4.27. The van der Waals surface area contributed by atoms with E-state index in [9.17, 15) is 0 Å². The van der Waals surface area contributed by atoms with Crippen molar-refractivity contribution in [2.24, 2.45) is 0 Å². The smallest absolute Gasteiger partial charge is 0.0589 e. The first kappa shape index (κ1) is 8.02. The van der Waals surface area contributed by atoms with Gasteiger partial charge >= 0.3 is 0 Å². The molecule has 2 rings (SSSR count). The van der Waals surface area contributed by atoms with Crippen LogP contribution in [-0.4, -0.2) is 11.5 Å². The van der Waals surface area contributed by atoms with Crippen molar-refractivity contribution in [3.8, 4) is 0 Å². The summed E-state index contributed by atoms with van der Waals surface area (Å²) < 4.78 is 0. The molecule has 0 amide bonds. The fraction of sp³-hybridized carbons (Fsp3) is 0.444. The molecule has 1 saturated heterocycles. The SMILES string of the molecule is Clc1ccc([C@@H]2CCCN2)nc1. The summed E-state index contributed by atoms with van der Waals surface area (Å²) in [6, 6.07) is 4.33. The second-order valence-corrected chi connectivity index (χ2v) is 3.49. The van der Waals surface area contributed by atoms with Crippen molar-refractivity contribution in [2.75, 3.05) is 6.54 Å². The molecule has 1 aromatic heterocycles. The molecule has 0 aromatic carbocycles. The van der Waals surface area contributed by atoms with Gasteiger partial charge in [-0.1, -0.05) is 11.6 Å². The lowest BCUT2D eigenvalue weighted by Gasteiger charge is -2.08. The number of aromatic nitrogens is 1. The molecule has 1 aliphatic heterocycles. The van der Waals surface area contributed by atoms with E-state index in [0.717, 1.165) is 12.2 Å². The topological polar surface area (TPSA) is 24.9 Å². The molecule has 0 saturated carbocycles. The van der Waals surface area contributed by atoms with E-state index in [-0.39, 0.29) is 0 Å². The average Bonchev–Trinajstić information content (AvgIpc) is 2.58. The maximum atomic E-state index is 5.74. The van der Waals surface area contributed by atoms with Gasteiger partial charge in [0.1, 0.15) is 0 Å². The standard InChI is InChI=1S/C9H11ClN2/c10-7-3-4-9(12-6-7)8-2-1-5-11-8/h3-4,6,8,11H,1-2,5H2/t8-/m0/s1. The first-order valence-electron chi connectivity index (χ1n) is 4.21. The van der Waals surface area contributed by atoms with Gasteiger partial charge in [0.25, 0.3) is 0 Å². The van der Waals surface area contributed by atoms with Gasteiger partial charge in [-0.05, 0) is 31.5 Å². The Morgan fingerprint density at radius 1 is 1.50 bits per heavy atom. The first-order chi connectivity index (χ1) is 5.86. The molecule has 0 radical (unpaired) electrons. The quantitative estimate of drug-likeness (QED) is 0.720. The molecule has 0 spiro atoms. The van der Waals surface area contributed by atoms with Gasteiger partial charge in [-0.3, -0.25) is 4.98 Å². The lowest BCUT2D eigenvalue weighted by Crippen LogP contribution is -2.13. The second-order valence-electron chi connectivity index (χ2n) is 3.05. The van der Waals surface area contributed by atoms with E-state index in [2.05, 4.69) is 10.3 Å². The third-order valence-corrected chi connectivity index (χ3v) is 2.39. The van der Waals surface area contributed by atoms with Crippen LogP contribution in [0.3, 0.4) is 0 Å². The van der Waals surface area contributed by atoms with E-state index in [1.165, 1.54) is 12.8 Å². The zero-order chi connectivity index (χ0) is 8.39. The lowest BCUT2D eigenvalue weighted by molar-refractivity contribution is 0.628. The van der Waals surface area contributed by atoms with Crippen LogP contribution in [0, 0.1) is 0 Å². The van der Waals surface area contributed by atoms with Gasteiger partial charge in [0.15, 0.2) is 0 Å². The third-order valence-electron chi connectivity index (χ3n) is 2.17. The molecular weight excluding hydrogens is 172 g/mol. The molecule has 1 atom stereocenters. The van der Waals surface area contributed by atoms with Crippen LogP contribution in [-0.2, 0) is 0 Å². The molecule has 2 heterocycles. The molecular formula is C9H11ClN2. The van der Waals surface area contributed by atoms with Crippen molar-refractivity contribution in [2.45, 2.75) is 18.9 Å². The van der Waals surface area contributed by atoms with E-state index in [1.807, 2.05) is 12.1 Å². The van der Waals surface area contributed by atoms with Gasteiger partial charge in [0, 0.05) is 12.2 Å². The molecule has 1 aromatic rings. The van der Waals surface area contributed by atoms with Gasteiger partial charge < -0.3 is 5.32 Å². The average molecular weight is 183 g/mol. The number of pyridine rings is 1. The Balaban J connectivity index is 2.17. The predicted molar refractivity (Wildman–Crippen MR) is 49.2 cm³/mol. The fourth-order valence-corrected chi connectivity index (χ4v) is 1.64. The first-order valence-corrected chi connectivity index (χ1v) is 4.59. The van der Waals surface area contributed by atoms with Crippen LogP contribution < -0.4 is 5.32 Å². The van der Waals surface area contributed by atoms with Gasteiger partial charge in [0.05, 0.1) is 10.7 Å². The highest BCUT2D eigenvalue weighted by molar-refractivity contribution is 6.30. The maximum Gasteiger partial charge on any atom is 0.0589 e. The van der Waals surface area contributed by atoms with E-state index in [1.54, 1.807) is 6.20 Å². The Morgan fingerprint density at radius 2 is 2.42 bits per heavy atom. The minimum Gasteiger partial charge on any atom is -0.309 e. The largest absolute Gasteiger partial charge is 0.309 e. The monoisotopic (exact) mass is 182 g/mol. The fourth-order valence-electron chi connectivity index (χ4n) is 1.53. The van der Waals surface area contributed by atoms with Crippen molar-refractivity contribution in [3.63, 3.8) is 0 Å². The zero-order valence-corrected chi connectivity index (χ0v) is 7.51. The number of nitrogens with one attached hydrogen (secondary N) is 1. The number of rotatable bonds is 1. The van der Waals surface area contributed by atoms with Gasteiger partial charge in [-0.25, -0.2) is 0 Å². The van der Waals surface area contributed by atoms with Crippen molar-refractivity contribution in [1.82, 2.24) is 10.3 Å². The van der Waals surface area contributed by atoms with Crippen LogP contribution in [0.2, 0.25) is 5.02 Å². The third kappa shape index (κ3) is 1.59. The summed E-state index contributed by atoms with van der Waals surface area (Å²) in [5.41, 5.74) is 1.11. The molecule has 1 fully saturated rings. The normalized spacial score (nSPS) is 22.9. The Morgan fingerprint density at radius 3 is 3.00 bits per heavy atom. The number of nitrogens with zero attached hydrogens (tertiary/aromatic N) is 1. The minimum atomic E-state index is 0.447. The van der Waals surface area contributed by atoms with Crippen molar-refractivity contribution in [1.29, 1.82) is 0 Å². The summed E-state index contributed by atoms with van der Waals surface area (Å²) >= 11 is 5.74. The molecule has 3 heteroatoms. The highest BCUT2D eigenvalue weighted by Crippen LogP contribution is 2.21. The summed E-state index contributed by atoms with van der Waals surface area (Å²) in [5.74, 6) is 0. The molecule has 0 aliphatic carbocycles. The Bertz CT molecular complexity index is 252. The molecule has 12 heavy (non-hydrogen) atoms. The molecule has 0 bridgehead atoms.